The van der Waals surface area contributed by atoms with Gasteiger partial charge < -0.3 is 10.2 Å². The van der Waals surface area contributed by atoms with Crippen LogP contribution in [0.4, 0.5) is 5.82 Å². The average Bonchev–Trinajstić information content (AvgIpc) is 3.05. The highest BCUT2D eigenvalue weighted by atomic mass is 16.5. The Labute approximate surface area is 124 Å². The van der Waals surface area contributed by atoms with Crippen molar-refractivity contribution < 1.29 is 4.74 Å². The van der Waals surface area contributed by atoms with Gasteiger partial charge in [0.05, 0.1) is 5.69 Å². The van der Waals surface area contributed by atoms with Gasteiger partial charge in [0.15, 0.2) is 5.82 Å². The number of nitrogen functional groups attached to an aromatic ring is 1. The van der Waals surface area contributed by atoms with Crippen LogP contribution in [0.1, 0.15) is 31.5 Å². The Balaban J connectivity index is 2.09. The van der Waals surface area contributed by atoms with Crippen LogP contribution in [0.3, 0.4) is 0 Å². The van der Waals surface area contributed by atoms with Gasteiger partial charge in [0.2, 0.25) is 0 Å². The predicted molar refractivity (Wildman–Crippen MR) is 82.4 cm³/mol. The van der Waals surface area contributed by atoms with Crippen LogP contribution in [0.2, 0.25) is 0 Å². The molecule has 3 N–H and O–H groups in total. The van der Waals surface area contributed by atoms with Gasteiger partial charge >= 0.3 is 0 Å². The van der Waals surface area contributed by atoms with Crippen molar-refractivity contribution in [1.82, 2.24) is 9.97 Å². The molecule has 0 saturated heterocycles. The first kappa shape index (κ1) is 14.0. The number of hydrogen-bond donors (Lipinski definition) is 2. The molecule has 0 bridgehead atoms. The molecule has 1 aromatic carbocycles. The summed E-state index contributed by atoms with van der Waals surface area (Å²) >= 11 is 0. The Morgan fingerprint density at radius 1 is 1.14 bits per heavy atom. The van der Waals surface area contributed by atoms with Crippen molar-refractivity contribution in [3.8, 4) is 11.3 Å². The maximum Gasteiger partial charge on any atom is 0.163 e. The molecule has 0 unspecified atom stereocenters. The van der Waals surface area contributed by atoms with Crippen LogP contribution in [0.15, 0.2) is 36.4 Å². The van der Waals surface area contributed by atoms with E-state index in [1.165, 1.54) is 0 Å². The minimum Gasteiger partial charge on any atom is -0.370 e. The molecular weight excluding hydrogens is 264 g/mol. The minimum atomic E-state index is -0.379. The maximum atomic E-state index is 5.78. The van der Waals surface area contributed by atoms with Gasteiger partial charge in [0.25, 0.3) is 0 Å². The van der Waals surface area contributed by atoms with Gasteiger partial charge in [-0.25, -0.2) is 15.8 Å². The topological polar surface area (TPSA) is 73.1 Å². The standard InChI is InChI=1S/C16H20N4O/c1-21-16(9-5-6-10-16)15-18-13(11-14(19-15)20-17)12-7-3-2-4-8-12/h2-4,7-8,11H,5-6,9-10,17H2,1H3,(H,18,19,20). The third-order valence-corrected chi connectivity index (χ3v) is 4.15. The van der Waals surface area contributed by atoms with E-state index >= 15 is 0 Å². The van der Waals surface area contributed by atoms with E-state index in [4.69, 9.17) is 15.6 Å². The van der Waals surface area contributed by atoms with Gasteiger partial charge in [0, 0.05) is 18.7 Å². The summed E-state index contributed by atoms with van der Waals surface area (Å²) in [5, 5.41) is 0. The Kier molecular flexibility index (Phi) is 3.86. The number of anilines is 1. The zero-order valence-electron chi connectivity index (χ0n) is 12.2. The van der Waals surface area contributed by atoms with Gasteiger partial charge in [0.1, 0.15) is 11.4 Å². The lowest BCUT2D eigenvalue weighted by atomic mass is 10.0. The van der Waals surface area contributed by atoms with Crippen molar-refractivity contribution >= 4 is 5.82 Å². The second kappa shape index (κ2) is 5.79. The van der Waals surface area contributed by atoms with Gasteiger partial charge in [-0.1, -0.05) is 30.3 Å². The first-order valence-electron chi connectivity index (χ1n) is 7.24. The van der Waals surface area contributed by atoms with E-state index in [0.717, 1.165) is 42.8 Å². The van der Waals surface area contributed by atoms with Crippen LogP contribution < -0.4 is 11.3 Å². The number of methoxy groups -OCH3 is 1. The molecule has 5 heteroatoms. The molecule has 110 valence electrons. The molecule has 0 radical (unpaired) electrons. The summed E-state index contributed by atoms with van der Waals surface area (Å²) in [6.45, 7) is 0. The van der Waals surface area contributed by atoms with Crippen LogP contribution in [0.5, 0.6) is 0 Å². The number of hydrazine groups is 1. The lowest BCUT2D eigenvalue weighted by Gasteiger charge is -2.26. The van der Waals surface area contributed by atoms with Crippen LogP contribution in [0, 0.1) is 0 Å². The van der Waals surface area contributed by atoms with Crippen molar-refractivity contribution in [3.63, 3.8) is 0 Å². The number of aromatic nitrogens is 2. The highest BCUT2D eigenvalue weighted by molar-refractivity contribution is 5.62. The van der Waals surface area contributed by atoms with E-state index in [1.807, 2.05) is 36.4 Å². The number of hydrogen-bond acceptors (Lipinski definition) is 5. The first-order valence-corrected chi connectivity index (χ1v) is 7.24. The fourth-order valence-electron chi connectivity index (χ4n) is 2.95. The monoisotopic (exact) mass is 284 g/mol. The Bertz CT molecular complexity index is 609. The predicted octanol–water partition coefficient (Wildman–Crippen LogP) is 2.84. The summed E-state index contributed by atoms with van der Waals surface area (Å²) in [6, 6.07) is 11.9. The highest BCUT2D eigenvalue weighted by Crippen LogP contribution is 2.40. The van der Waals surface area contributed by atoms with Crippen LogP contribution in [-0.4, -0.2) is 17.1 Å². The Morgan fingerprint density at radius 3 is 2.48 bits per heavy atom. The van der Waals surface area contributed by atoms with Gasteiger partial charge in [-0.15, -0.1) is 0 Å². The van der Waals surface area contributed by atoms with E-state index in [-0.39, 0.29) is 5.60 Å². The summed E-state index contributed by atoms with van der Waals surface area (Å²) in [7, 11) is 1.74. The number of rotatable bonds is 4. The van der Waals surface area contributed by atoms with Crippen molar-refractivity contribution in [2.45, 2.75) is 31.3 Å². The van der Waals surface area contributed by atoms with E-state index in [0.29, 0.717) is 5.82 Å². The lowest BCUT2D eigenvalue weighted by Crippen LogP contribution is -2.28. The maximum absolute atomic E-state index is 5.78. The zero-order valence-corrected chi connectivity index (χ0v) is 12.2. The second-order valence-corrected chi connectivity index (χ2v) is 5.38. The molecule has 0 aliphatic heterocycles. The summed E-state index contributed by atoms with van der Waals surface area (Å²) in [4.78, 5) is 9.28. The van der Waals surface area contributed by atoms with Crippen molar-refractivity contribution in [2.75, 3.05) is 12.5 Å². The number of ether oxygens (including phenoxy) is 1. The third-order valence-electron chi connectivity index (χ3n) is 4.15. The molecule has 3 rings (SSSR count). The lowest BCUT2D eigenvalue weighted by molar-refractivity contribution is -0.0161. The third kappa shape index (κ3) is 2.62. The van der Waals surface area contributed by atoms with Crippen molar-refractivity contribution in [2.24, 2.45) is 5.84 Å². The fraction of sp³-hybridized carbons (Fsp3) is 0.375. The SMILES string of the molecule is COC1(c2nc(NN)cc(-c3ccccc3)n2)CCCC1. The van der Waals surface area contributed by atoms with E-state index in [9.17, 15) is 0 Å². The minimum absolute atomic E-state index is 0.379. The molecular formula is C16H20N4O. The molecule has 1 aliphatic carbocycles. The number of nitrogens with one attached hydrogen (secondary N) is 1. The van der Waals surface area contributed by atoms with E-state index in [1.54, 1.807) is 7.11 Å². The highest BCUT2D eigenvalue weighted by Gasteiger charge is 2.39. The normalized spacial score (nSPS) is 16.9. The molecule has 0 spiro atoms. The quantitative estimate of drug-likeness (QED) is 0.667. The summed E-state index contributed by atoms with van der Waals surface area (Å²) in [6.07, 6.45) is 4.17. The molecule has 1 fully saturated rings. The first-order chi connectivity index (χ1) is 10.3. The van der Waals surface area contributed by atoms with E-state index < -0.39 is 0 Å². The Morgan fingerprint density at radius 2 is 1.86 bits per heavy atom. The molecule has 1 heterocycles. The summed E-state index contributed by atoms with van der Waals surface area (Å²) in [5.41, 5.74) is 4.16. The molecule has 2 aromatic rings. The smallest absolute Gasteiger partial charge is 0.163 e. The summed E-state index contributed by atoms with van der Waals surface area (Å²) in [5.74, 6) is 6.90. The molecule has 0 amide bonds. The zero-order chi connectivity index (χ0) is 14.7. The fourth-order valence-corrected chi connectivity index (χ4v) is 2.95. The number of benzene rings is 1. The van der Waals surface area contributed by atoms with Crippen molar-refractivity contribution in [3.05, 3.63) is 42.2 Å². The Hall–Kier alpha value is -1.98. The van der Waals surface area contributed by atoms with Gasteiger partial charge in [-0.05, 0) is 25.7 Å². The summed E-state index contributed by atoms with van der Waals surface area (Å²) < 4.78 is 5.78. The van der Waals surface area contributed by atoms with Crippen LogP contribution >= 0.6 is 0 Å². The largest absolute Gasteiger partial charge is 0.370 e. The van der Waals surface area contributed by atoms with Crippen molar-refractivity contribution in [1.29, 1.82) is 0 Å². The number of nitrogens with two attached hydrogens (primary N) is 1. The average molecular weight is 284 g/mol. The van der Waals surface area contributed by atoms with Gasteiger partial charge in [-0.3, -0.25) is 0 Å². The number of nitrogens with zero attached hydrogens (tertiary/aromatic N) is 2. The second-order valence-electron chi connectivity index (χ2n) is 5.38. The van der Waals surface area contributed by atoms with E-state index in [2.05, 4.69) is 10.4 Å². The molecule has 1 saturated carbocycles. The van der Waals surface area contributed by atoms with Crippen LogP contribution in [-0.2, 0) is 10.3 Å². The van der Waals surface area contributed by atoms with Crippen LogP contribution in [0.25, 0.3) is 11.3 Å². The molecule has 1 aromatic heterocycles. The molecule has 0 atom stereocenters. The molecule has 1 aliphatic rings. The molecule has 21 heavy (non-hydrogen) atoms. The molecule has 5 nitrogen and oxygen atoms in total. The van der Waals surface area contributed by atoms with Gasteiger partial charge in [-0.2, -0.15) is 0 Å².